The number of amides is 1. The highest BCUT2D eigenvalue weighted by molar-refractivity contribution is 7.26. The molecule has 0 unspecified atom stereocenters. The molecule has 3 heterocycles. The van der Waals surface area contributed by atoms with Crippen LogP contribution >= 0.6 is 11.3 Å². The molecule has 6 nitrogen and oxygen atoms in total. The van der Waals surface area contributed by atoms with E-state index in [0.29, 0.717) is 11.4 Å². The van der Waals surface area contributed by atoms with Gasteiger partial charge in [0.1, 0.15) is 6.04 Å². The monoisotopic (exact) mass is 438 g/mol. The molecule has 0 radical (unpaired) electrons. The third-order valence-electron chi connectivity index (χ3n) is 7.05. The normalized spacial score (nSPS) is 19.9. The maximum absolute atomic E-state index is 13.4. The SMILES string of the molecule is Cc1nn([C@@H](C)C(=O)N2CCN(C3CCCCC3)CC2)c(=O)c2c1sc1ccccc12. The van der Waals surface area contributed by atoms with E-state index in [0.717, 1.165) is 46.7 Å². The van der Waals surface area contributed by atoms with Crippen molar-refractivity contribution < 1.29 is 4.79 Å². The van der Waals surface area contributed by atoms with Gasteiger partial charge in [-0.1, -0.05) is 37.5 Å². The number of thiophene rings is 1. The van der Waals surface area contributed by atoms with Crippen LogP contribution in [0.3, 0.4) is 0 Å². The third-order valence-corrected chi connectivity index (χ3v) is 8.32. The number of benzene rings is 1. The van der Waals surface area contributed by atoms with Crippen molar-refractivity contribution in [3.05, 3.63) is 40.3 Å². The summed E-state index contributed by atoms with van der Waals surface area (Å²) >= 11 is 1.60. The lowest BCUT2D eigenvalue weighted by atomic mass is 9.94. The van der Waals surface area contributed by atoms with Crippen LogP contribution in [0, 0.1) is 6.92 Å². The Morgan fingerprint density at radius 2 is 1.81 bits per heavy atom. The zero-order valence-corrected chi connectivity index (χ0v) is 19.2. The molecule has 0 spiro atoms. The van der Waals surface area contributed by atoms with Crippen molar-refractivity contribution >= 4 is 37.4 Å². The molecule has 1 aromatic carbocycles. The second-order valence-electron chi connectivity index (χ2n) is 8.97. The molecule has 7 heteroatoms. The molecule has 3 aromatic rings. The molecule has 1 amide bonds. The molecule has 1 aliphatic carbocycles. The van der Waals surface area contributed by atoms with Crippen LogP contribution in [0.4, 0.5) is 0 Å². The molecule has 2 aliphatic rings. The summed E-state index contributed by atoms with van der Waals surface area (Å²) in [6.45, 7) is 7.06. The van der Waals surface area contributed by atoms with Gasteiger partial charge in [0.2, 0.25) is 5.91 Å². The van der Waals surface area contributed by atoms with Gasteiger partial charge in [-0.2, -0.15) is 5.10 Å². The molecule has 1 aliphatic heterocycles. The van der Waals surface area contributed by atoms with Crippen LogP contribution in [0.5, 0.6) is 0 Å². The topological polar surface area (TPSA) is 58.4 Å². The largest absolute Gasteiger partial charge is 0.338 e. The Balaban J connectivity index is 1.38. The number of carbonyl (C=O) groups is 1. The molecule has 2 aromatic heterocycles. The molecule has 5 rings (SSSR count). The fourth-order valence-corrected chi connectivity index (χ4v) is 6.40. The molecule has 1 atom stereocenters. The number of hydrogen-bond acceptors (Lipinski definition) is 5. The third kappa shape index (κ3) is 3.68. The zero-order chi connectivity index (χ0) is 21.5. The highest BCUT2D eigenvalue weighted by Crippen LogP contribution is 2.33. The number of aromatic nitrogens is 2. The van der Waals surface area contributed by atoms with Crippen molar-refractivity contribution in [2.75, 3.05) is 26.2 Å². The lowest BCUT2D eigenvalue weighted by Gasteiger charge is -2.41. The van der Waals surface area contributed by atoms with Crippen molar-refractivity contribution in [3.8, 4) is 0 Å². The van der Waals surface area contributed by atoms with Gasteiger partial charge in [0, 0.05) is 42.3 Å². The standard InChI is InChI=1S/C24H30N4O2S/c1-16-22-21(19-10-6-7-11-20(19)31-22)24(30)28(25-16)17(2)23(29)27-14-12-26(13-15-27)18-8-4-3-5-9-18/h6-7,10-11,17-18H,3-5,8-9,12-15H2,1-2H3/t17-/m0/s1. The molecule has 1 saturated heterocycles. The van der Waals surface area contributed by atoms with Gasteiger partial charge in [-0.25, -0.2) is 4.68 Å². The first-order valence-corrected chi connectivity index (χ1v) is 12.3. The average Bonchev–Trinajstić information content (AvgIpc) is 3.22. The van der Waals surface area contributed by atoms with Gasteiger partial charge in [0.15, 0.2) is 0 Å². The summed E-state index contributed by atoms with van der Waals surface area (Å²) < 4.78 is 3.41. The number of hydrogen-bond donors (Lipinski definition) is 0. The first-order valence-electron chi connectivity index (χ1n) is 11.5. The van der Waals surface area contributed by atoms with Crippen LogP contribution in [0.25, 0.3) is 20.2 Å². The second kappa shape index (κ2) is 8.36. The molecular formula is C24H30N4O2S. The molecule has 0 N–H and O–H groups in total. The van der Waals surface area contributed by atoms with Crippen LogP contribution in [0.1, 0.15) is 50.8 Å². The molecule has 1 saturated carbocycles. The quantitative estimate of drug-likeness (QED) is 0.621. The first kappa shape index (κ1) is 20.6. The first-order chi connectivity index (χ1) is 15.0. The predicted octanol–water partition coefficient (Wildman–Crippen LogP) is 3.96. The van der Waals surface area contributed by atoms with E-state index in [9.17, 15) is 9.59 Å². The molecule has 164 valence electrons. The maximum atomic E-state index is 13.4. The van der Waals surface area contributed by atoms with E-state index in [1.54, 1.807) is 11.3 Å². The van der Waals surface area contributed by atoms with Crippen molar-refractivity contribution in [2.24, 2.45) is 0 Å². The van der Waals surface area contributed by atoms with Crippen LogP contribution in [0.2, 0.25) is 0 Å². The smallest absolute Gasteiger partial charge is 0.276 e. The van der Waals surface area contributed by atoms with Gasteiger partial charge in [0.25, 0.3) is 5.56 Å². The summed E-state index contributed by atoms with van der Waals surface area (Å²) in [5.41, 5.74) is 0.636. The van der Waals surface area contributed by atoms with Gasteiger partial charge >= 0.3 is 0 Å². The van der Waals surface area contributed by atoms with Gasteiger partial charge < -0.3 is 4.90 Å². The number of piperazine rings is 1. The van der Waals surface area contributed by atoms with Gasteiger partial charge in [-0.05, 0) is 32.8 Å². The predicted molar refractivity (Wildman–Crippen MR) is 126 cm³/mol. The number of nitrogens with zero attached hydrogens (tertiary/aromatic N) is 4. The van der Waals surface area contributed by atoms with Crippen LogP contribution < -0.4 is 5.56 Å². The van der Waals surface area contributed by atoms with Gasteiger partial charge in [-0.3, -0.25) is 14.5 Å². The summed E-state index contributed by atoms with van der Waals surface area (Å²) in [5, 5.41) is 6.20. The highest BCUT2D eigenvalue weighted by atomic mass is 32.1. The molecule has 2 fully saturated rings. The van der Waals surface area contributed by atoms with E-state index in [2.05, 4.69) is 10.00 Å². The van der Waals surface area contributed by atoms with Crippen molar-refractivity contribution in [2.45, 2.75) is 58.0 Å². The number of aryl methyl sites for hydroxylation is 1. The Morgan fingerprint density at radius 1 is 1.10 bits per heavy atom. The van der Waals surface area contributed by atoms with Crippen LogP contribution in [-0.2, 0) is 4.79 Å². The minimum atomic E-state index is -0.601. The average molecular weight is 439 g/mol. The summed E-state index contributed by atoms with van der Waals surface area (Å²) in [5.74, 6) is -0.00354. The minimum Gasteiger partial charge on any atom is -0.338 e. The molecule has 31 heavy (non-hydrogen) atoms. The Kier molecular flexibility index (Phi) is 5.56. The van der Waals surface area contributed by atoms with E-state index < -0.39 is 6.04 Å². The lowest BCUT2D eigenvalue weighted by Crippen LogP contribution is -2.53. The Morgan fingerprint density at radius 3 is 2.55 bits per heavy atom. The molecular weight excluding hydrogens is 408 g/mol. The maximum Gasteiger partial charge on any atom is 0.276 e. The number of fused-ring (bicyclic) bond motifs is 3. The zero-order valence-electron chi connectivity index (χ0n) is 18.3. The number of carbonyl (C=O) groups excluding carboxylic acids is 1. The van der Waals surface area contributed by atoms with Crippen molar-refractivity contribution in [1.82, 2.24) is 19.6 Å². The van der Waals surface area contributed by atoms with E-state index >= 15 is 0 Å². The van der Waals surface area contributed by atoms with E-state index in [-0.39, 0.29) is 11.5 Å². The lowest BCUT2D eigenvalue weighted by molar-refractivity contribution is -0.136. The fraction of sp³-hybridized carbons (Fsp3) is 0.542. The minimum absolute atomic E-state index is 0.00354. The molecule has 0 bridgehead atoms. The van der Waals surface area contributed by atoms with E-state index in [1.165, 1.54) is 36.8 Å². The Bertz CT molecular complexity index is 1170. The van der Waals surface area contributed by atoms with Gasteiger partial charge in [-0.15, -0.1) is 11.3 Å². The summed E-state index contributed by atoms with van der Waals surface area (Å²) in [7, 11) is 0. The van der Waals surface area contributed by atoms with Crippen molar-refractivity contribution in [1.29, 1.82) is 0 Å². The summed E-state index contributed by atoms with van der Waals surface area (Å²) in [6.07, 6.45) is 6.59. The second-order valence-corrected chi connectivity index (χ2v) is 10.0. The van der Waals surface area contributed by atoms with E-state index in [1.807, 2.05) is 43.0 Å². The Hall–Kier alpha value is -2.25. The summed E-state index contributed by atoms with van der Waals surface area (Å²) in [6, 6.07) is 8.03. The fourth-order valence-electron chi connectivity index (χ4n) is 5.26. The highest BCUT2D eigenvalue weighted by Gasteiger charge is 2.30. The van der Waals surface area contributed by atoms with Crippen molar-refractivity contribution in [3.63, 3.8) is 0 Å². The van der Waals surface area contributed by atoms with Crippen LogP contribution in [-0.4, -0.2) is 57.7 Å². The Labute approximate surface area is 186 Å². The van der Waals surface area contributed by atoms with E-state index in [4.69, 9.17) is 0 Å². The van der Waals surface area contributed by atoms with Crippen LogP contribution in [0.15, 0.2) is 29.1 Å². The van der Waals surface area contributed by atoms with Gasteiger partial charge in [0.05, 0.1) is 15.8 Å². The number of rotatable bonds is 3. The summed E-state index contributed by atoms with van der Waals surface area (Å²) in [4.78, 5) is 31.1.